The van der Waals surface area contributed by atoms with Gasteiger partial charge in [-0.05, 0) is 50.4 Å². The van der Waals surface area contributed by atoms with Crippen molar-refractivity contribution < 1.29 is 0 Å². The van der Waals surface area contributed by atoms with Gasteiger partial charge in [-0.15, -0.1) is 0 Å². The third kappa shape index (κ3) is 6.62. The van der Waals surface area contributed by atoms with Crippen LogP contribution in [0, 0.1) is 19.3 Å². The van der Waals surface area contributed by atoms with E-state index in [2.05, 4.69) is 77.0 Å². The Hall–Kier alpha value is -0.860. The highest BCUT2D eigenvalue weighted by molar-refractivity contribution is 5.33. The third-order valence-corrected chi connectivity index (χ3v) is 3.68. The van der Waals surface area contributed by atoms with Crippen molar-refractivity contribution in [2.24, 2.45) is 5.41 Å². The van der Waals surface area contributed by atoms with Crippen LogP contribution in [0.5, 0.6) is 0 Å². The number of rotatable bonds is 7. The molecular formula is C19H34N2. The summed E-state index contributed by atoms with van der Waals surface area (Å²) in [6.07, 6.45) is 1.17. The van der Waals surface area contributed by atoms with Crippen molar-refractivity contribution >= 4 is 0 Å². The van der Waals surface area contributed by atoms with E-state index in [0.29, 0.717) is 11.5 Å². The fourth-order valence-corrected chi connectivity index (χ4v) is 2.99. The summed E-state index contributed by atoms with van der Waals surface area (Å²) in [6, 6.07) is 7.23. The Labute approximate surface area is 131 Å². The Morgan fingerprint density at radius 2 is 1.86 bits per heavy atom. The molecule has 1 aromatic carbocycles. The van der Waals surface area contributed by atoms with Gasteiger partial charge in [-0.1, -0.05) is 51.5 Å². The second-order valence-corrected chi connectivity index (χ2v) is 7.62. The van der Waals surface area contributed by atoms with Gasteiger partial charge in [0.05, 0.1) is 0 Å². The van der Waals surface area contributed by atoms with E-state index in [9.17, 15) is 0 Å². The summed E-state index contributed by atoms with van der Waals surface area (Å²) < 4.78 is 0. The molecule has 0 fully saturated rings. The zero-order valence-electron chi connectivity index (χ0n) is 15.1. The van der Waals surface area contributed by atoms with Crippen LogP contribution in [-0.4, -0.2) is 31.6 Å². The Kier molecular flexibility index (Phi) is 6.89. The lowest BCUT2D eigenvalue weighted by molar-refractivity contribution is 0.208. The van der Waals surface area contributed by atoms with E-state index in [1.807, 2.05) is 0 Å². The fourth-order valence-electron chi connectivity index (χ4n) is 2.99. The van der Waals surface area contributed by atoms with E-state index in [0.717, 1.165) is 19.6 Å². The summed E-state index contributed by atoms with van der Waals surface area (Å²) in [7, 11) is 2.23. The molecule has 0 radical (unpaired) electrons. The second-order valence-electron chi connectivity index (χ2n) is 7.62. The Morgan fingerprint density at radius 1 is 1.19 bits per heavy atom. The lowest BCUT2D eigenvalue weighted by Gasteiger charge is -2.31. The molecule has 21 heavy (non-hydrogen) atoms. The average Bonchev–Trinajstić information content (AvgIpc) is 2.32. The van der Waals surface area contributed by atoms with Crippen LogP contribution in [0.15, 0.2) is 18.2 Å². The van der Waals surface area contributed by atoms with Gasteiger partial charge in [0.1, 0.15) is 0 Å². The summed E-state index contributed by atoms with van der Waals surface area (Å²) in [5, 5.41) is 3.72. The van der Waals surface area contributed by atoms with Crippen LogP contribution in [0.2, 0.25) is 0 Å². The van der Waals surface area contributed by atoms with Crippen molar-refractivity contribution in [2.75, 3.05) is 26.7 Å². The number of benzene rings is 1. The van der Waals surface area contributed by atoms with Crippen LogP contribution in [0.4, 0.5) is 0 Å². The molecule has 2 nitrogen and oxygen atoms in total. The predicted molar refractivity (Wildman–Crippen MR) is 93.9 cm³/mol. The maximum atomic E-state index is 3.72. The lowest BCUT2D eigenvalue weighted by Crippen LogP contribution is -2.37. The highest BCUT2D eigenvalue weighted by Crippen LogP contribution is 2.22. The van der Waals surface area contributed by atoms with Gasteiger partial charge in [-0.3, -0.25) is 0 Å². The standard InChI is InChI=1S/C19H34N2/c1-8-11-20-18(13-21(7)14-19(4,5)6)17-10-9-15(2)12-16(17)3/h9-10,12,18,20H,8,11,13-14H2,1-7H3. The molecular weight excluding hydrogens is 256 g/mol. The summed E-state index contributed by atoms with van der Waals surface area (Å²) in [5.74, 6) is 0. The van der Waals surface area contributed by atoms with Crippen molar-refractivity contribution in [1.29, 1.82) is 0 Å². The molecule has 2 heteroatoms. The van der Waals surface area contributed by atoms with Crippen LogP contribution in [0.25, 0.3) is 0 Å². The number of hydrogen-bond acceptors (Lipinski definition) is 2. The molecule has 0 saturated carbocycles. The first-order valence-corrected chi connectivity index (χ1v) is 8.22. The number of nitrogens with one attached hydrogen (secondary N) is 1. The van der Waals surface area contributed by atoms with Crippen molar-refractivity contribution in [2.45, 2.75) is 54.0 Å². The molecule has 1 aromatic rings. The molecule has 0 heterocycles. The molecule has 0 bridgehead atoms. The molecule has 0 aliphatic carbocycles. The molecule has 0 aliphatic rings. The lowest BCUT2D eigenvalue weighted by atomic mass is 9.95. The van der Waals surface area contributed by atoms with Crippen molar-refractivity contribution in [3.63, 3.8) is 0 Å². The SMILES string of the molecule is CCCNC(CN(C)CC(C)(C)C)c1ccc(C)cc1C. The van der Waals surface area contributed by atoms with E-state index in [1.54, 1.807) is 0 Å². The van der Waals surface area contributed by atoms with Crippen LogP contribution in [0.3, 0.4) is 0 Å². The fraction of sp³-hybridized carbons (Fsp3) is 0.684. The van der Waals surface area contributed by atoms with Crippen LogP contribution < -0.4 is 5.32 Å². The zero-order chi connectivity index (χ0) is 16.0. The highest BCUT2D eigenvalue weighted by Gasteiger charge is 2.19. The largest absolute Gasteiger partial charge is 0.309 e. The van der Waals surface area contributed by atoms with Crippen molar-refractivity contribution in [3.8, 4) is 0 Å². The minimum atomic E-state index is 0.340. The van der Waals surface area contributed by atoms with Gasteiger partial charge < -0.3 is 10.2 Å². The summed E-state index contributed by atoms with van der Waals surface area (Å²) >= 11 is 0. The number of hydrogen-bond donors (Lipinski definition) is 1. The summed E-state index contributed by atoms with van der Waals surface area (Å²) in [4.78, 5) is 2.45. The monoisotopic (exact) mass is 290 g/mol. The zero-order valence-corrected chi connectivity index (χ0v) is 15.1. The second kappa shape index (κ2) is 7.95. The van der Waals surface area contributed by atoms with Gasteiger partial charge in [0, 0.05) is 19.1 Å². The van der Waals surface area contributed by atoms with Crippen LogP contribution in [0.1, 0.15) is 56.8 Å². The molecule has 0 amide bonds. The molecule has 0 saturated heterocycles. The van der Waals surface area contributed by atoms with E-state index < -0.39 is 0 Å². The van der Waals surface area contributed by atoms with Crippen molar-refractivity contribution in [1.82, 2.24) is 10.2 Å². The van der Waals surface area contributed by atoms with E-state index >= 15 is 0 Å². The molecule has 1 rings (SSSR count). The van der Waals surface area contributed by atoms with Crippen molar-refractivity contribution in [3.05, 3.63) is 34.9 Å². The third-order valence-electron chi connectivity index (χ3n) is 3.68. The number of likely N-dealkylation sites (N-methyl/N-ethyl adjacent to an activating group) is 1. The van der Waals surface area contributed by atoms with Gasteiger partial charge in [-0.25, -0.2) is 0 Å². The molecule has 0 aliphatic heterocycles. The number of aryl methyl sites for hydroxylation is 2. The maximum Gasteiger partial charge on any atom is 0.0451 e. The normalized spacial score (nSPS) is 13.7. The molecule has 1 N–H and O–H groups in total. The first kappa shape index (κ1) is 18.2. The van der Waals surface area contributed by atoms with Crippen LogP contribution >= 0.6 is 0 Å². The van der Waals surface area contributed by atoms with Crippen LogP contribution in [-0.2, 0) is 0 Å². The first-order chi connectivity index (χ1) is 9.73. The van der Waals surface area contributed by atoms with E-state index in [4.69, 9.17) is 0 Å². The molecule has 1 unspecified atom stereocenters. The highest BCUT2D eigenvalue weighted by atomic mass is 15.1. The van der Waals surface area contributed by atoms with Gasteiger partial charge in [0.15, 0.2) is 0 Å². The first-order valence-electron chi connectivity index (χ1n) is 8.22. The number of nitrogens with zero attached hydrogens (tertiary/aromatic N) is 1. The van der Waals surface area contributed by atoms with Gasteiger partial charge in [0.25, 0.3) is 0 Å². The van der Waals surface area contributed by atoms with Gasteiger partial charge in [-0.2, -0.15) is 0 Å². The molecule has 0 aromatic heterocycles. The topological polar surface area (TPSA) is 15.3 Å². The summed E-state index contributed by atoms with van der Waals surface area (Å²) in [6.45, 7) is 16.8. The Balaban J connectivity index is 2.84. The molecule has 0 spiro atoms. The van der Waals surface area contributed by atoms with E-state index in [1.165, 1.54) is 23.1 Å². The maximum absolute atomic E-state index is 3.72. The predicted octanol–water partition coefficient (Wildman–Crippen LogP) is 4.32. The molecule has 120 valence electrons. The average molecular weight is 290 g/mol. The minimum Gasteiger partial charge on any atom is -0.309 e. The smallest absolute Gasteiger partial charge is 0.0451 e. The quantitative estimate of drug-likeness (QED) is 0.804. The van der Waals surface area contributed by atoms with Gasteiger partial charge in [0.2, 0.25) is 0 Å². The molecule has 1 atom stereocenters. The van der Waals surface area contributed by atoms with E-state index in [-0.39, 0.29) is 0 Å². The Morgan fingerprint density at radius 3 is 2.38 bits per heavy atom. The minimum absolute atomic E-state index is 0.340. The van der Waals surface area contributed by atoms with Gasteiger partial charge >= 0.3 is 0 Å². The summed E-state index contributed by atoms with van der Waals surface area (Å²) in [5.41, 5.74) is 4.52. The Bertz CT molecular complexity index is 432.